The number of carbonyl (C=O) groups is 1. The minimum atomic E-state index is -0.370. The number of hydrogen-bond donors (Lipinski definition) is 1. The van der Waals surface area contributed by atoms with Crippen LogP contribution < -0.4 is 5.32 Å². The van der Waals surface area contributed by atoms with E-state index >= 15 is 0 Å². The van der Waals surface area contributed by atoms with Gasteiger partial charge in [0.2, 0.25) is 0 Å². The van der Waals surface area contributed by atoms with E-state index in [-0.39, 0.29) is 11.6 Å². The molecular formula is C26H17Cl2N3O. The van der Waals surface area contributed by atoms with E-state index in [1.54, 1.807) is 28.9 Å². The van der Waals surface area contributed by atoms with Gasteiger partial charge in [-0.3, -0.25) is 4.79 Å². The quantitative estimate of drug-likeness (QED) is 0.308. The second-order valence-electron chi connectivity index (χ2n) is 7.28. The van der Waals surface area contributed by atoms with Crippen LogP contribution in [0.15, 0.2) is 97.1 Å². The number of rotatable bonds is 4. The van der Waals surface area contributed by atoms with Crippen molar-refractivity contribution >= 4 is 45.6 Å². The van der Waals surface area contributed by atoms with E-state index in [2.05, 4.69) is 34.7 Å². The molecular weight excluding hydrogens is 441 g/mol. The molecule has 5 aromatic rings. The lowest BCUT2D eigenvalue weighted by molar-refractivity contribution is 0.102. The van der Waals surface area contributed by atoms with E-state index in [1.165, 1.54) is 0 Å². The predicted molar refractivity (Wildman–Crippen MR) is 131 cm³/mol. The highest BCUT2D eigenvalue weighted by Crippen LogP contribution is 2.31. The summed E-state index contributed by atoms with van der Waals surface area (Å²) in [6.45, 7) is 0. The molecule has 1 N–H and O–H groups in total. The van der Waals surface area contributed by atoms with E-state index in [4.69, 9.17) is 23.2 Å². The largest absolute Gasteiger partial charge is 0.319 e. The molecule has 1 heterocycles. The smallest absolute Gasteiger partial charge is 0.276 e. The molecule has 1 aromatic heterocycles. The van der Waals surface area contributed by atoms with Crippen molar-refractivity contribution in [1.29, 1.82) is 0 Å². The molecule has 0 aliphatic carbocycles. The third kappa shape index (κ3) is 3.86. The van der Waals surface area contributed by atoms with Crippen LogP contribution in [-0.2, 0) is 0 Å². The molecule has 1 amide bonds. The van der Waals surface area contributed by atoms with Crippen LogP contribution >= 0.6 is 23.2 Å². The summed E-state index contributed by atoms with van der Waals surface area (Å²) in [7, 11) is 0. The molecule has 0 atom stereocenters. The molecule has 32 heavy (non-hydrogen) atoms. The van der Waals surface area contributed by atoms with Crippen LogP contribution in [0.1, 0.15) is 10.5 Å². The van der Waals surface area contributed by atoms with E-state index in [0.29, 0.717) is 15.7 Å². The summed E-state index contributed by atoms with van der Waals surface area (Å²) < 4.78 is 1.78. The van der Waals surface area contributed by atoms with Gasteiger partial charge in [0.25, 0.3) is 5.91 Å². The maximum absolute atomic E-state index is 13.0. The van der Waals surface area contributed by atoms with Crippen LogP contribution in [0.2, 0.25) is 10.0 Å². The molecule has 0 fully saturated rings. The average Bonchev–Trinajstić information content (AvgIpc) is 3.28. The zero-order valence-corrected chi connectivity index (χ0v) is 18.3. The normalized spacial score (nSPS) is 10.9. The maximum Gasteiger partial charge on any atom is 0.276 e. The van der Waals surface area contributed by atoms with Crippen molar-refractivity contribution < 1.29 is 4.79 Å². The van der Waals surface area contributed by atoms with Crippen LogP contribution in [0.3, 0.4) is 0 Å². The number of nitrogens with zero attached hydrogens (tertiary/aromatic N) is 2. The first-order chi connectivity index (χ1) is 15.6. The zero-order chi connectivity index (χ0) is 22.1. The van der Waals surface area contributed by atoms with Gasteiger partial charge >= 0.3 is 0 Å². The SMILES string of the molecule is O=C(Nc1cccc(Cl)c1Cl)c1cc(-c2ccc3ccccc3c2)n(-c2ccccc2)n1. The summed E-state index contributed by atoms with van der Waals surface area (Å²) in [5.74, 6) is -0.370. The van der Waals surface area contributed by atoms with Gasteiger partial charge in [-0.1, -0.05) is 83.9 Å². The Balaban J connectivity index is 1.59. The highest BCUT2D eigenvalue weighted by molar-refractivity contribution is 6.44. The van der Waals surface area contributed by atoms with Crippen LogP contribution in [0, 0.1) is 0 Å². The summed E-state index contributed by atoms with van der Waals surface area (Å²) in [6, 6.07) is 31.0. The van der Waals surface area contributed by atoms with Gasteiger partial charge < -0.3 is 5.32 Å². The number of halogens is 2. The Morgan fingerprint density at radius 2 is 1.53 bits per heavy atom. The Morgan fingerprint density at radius 1 is 0.781 bits per heavy atom. The monoisotopic (exact) mass is 457 g/mol. The molecule has 0 saturated carbocycles. The highest BCUT2D eigenvalue weighted by Gasteiger charge is 2.18. The van der Waals surface area contributed by atoms with Gasteiger partial charge in [0.15, 0.2) is 5.69 Å². The van der Waals surface area contributed by atoms with Gasteiger partial charge in [0.05, 0.1) is 27.1 Å². The Labute approximate surface area is 195 Å². The molecule has 0 saturated heterocycles. The Hall–Kier alpha value is -3.60. The molecule has 4 nitrogen and oxygen atoms in total. The first-order valence-corrected chi connectivity index (χ1v) is 10.8. The number of amides is 1. The van der Waals surface area contributed by atoms with Crippen LogP contribution in [-0.4, -0.2) is 15.7 Å². The molecule has 5 rings (SSSR count). The van der Waals surface area contributed by atoms with Gasteiger partial charge in [-0.25, -0.2) is 4.68 Å². The molecule has 0 aliphatic heterocycles. The van der Waals surface area contributed by atoms with E-state index < -0.39 is 0 Å². The average molecular weight is 458 g/mol. The van der Waals surface area contributed by atoms with Crippen LogP contribution in [0.25, 0.3) is 27.7 Å². The fourth-order valence-electron chi connectivity index (χ4n) is 3.60. The Bertz CT molecular complexity index is 1440. The number of nitrogens with one attached hydrogen (secondary N) is 1. The molecule has 4 aromatic carbocycles. The van der Waals surface area contributed by atoms with Crippen molar-refractivity contribution in [3.63, 3.8) is 0 Å². The molecule has 156 valence electrons. The van der Waals surface area contributed by atoms with Crippen molar-refractivity contribution in [3.8, 4) is 16.9 Å². The summed E-state index contributed by atoms with van der Waals surface area (Å²) in [4.78, 5) is 13.0. The highest BCUT2D eigenvalue weighted by atomic mass is 35.5. The van der Waals surface area contributed by atoms with Crippen molar-refractivity contribution in [1.82, 2.24) is 9.78 Å². The first kappa shape index (κ1) is 20.3. The number of hydrogen-bond acceptors (Lipinski definition) is 2. The van der Waals surface area contributed by atoms with Crippen molar-refractivity contribution in [2.24, 2.45) is 0 Å². The van der Waals surface area contributed by atoms with Gasteiger partial charge in [-0.05, 0) is 47.2 Å². The molecule has 0 radical (unpaired) electrons. The molecule has 0 aliphatic rings. The minimum Gasteiger partial charge on any atom is -0.319 e. The number of aromatic nitrogens is 2. The van der Waals surface area contributed by atoms with E-state index in [1.807, 2.05) is 48.5 Å². The second kappa shape index (κ2) is 8.50. The summed E-state index contributed by atoms with van der Waals surface area (Å²) >= 11 is 12.3. The van der Waals surface area contributed by atoms with E-state index in [0.717, 1.165) is 27.7 Å². The fraction of sp³-hybridized carbons (Fsp3) is 0. The van der Waals surface area contributed by atoms with Crippen molar-refractivity contribution in [2.75, 3.05) is 5.32 Å². The number of para-hydroxylation sites is 1. The molecule has 0 bridgehead atoms. The standard InChI is InChI=1S/C26H17Cl2N3O/c27-21-11-6-12-22(25(21)28)29-26(32)23-16-24(31(30-23)20-9-2-1-3-10-20)19-14-13-17-7-4-5-8-18(17)15-19/h1-16H,(H,29,32). The number of anilines is 1. The van der Waals surface area contributed by atoms with Crippen molar-refractivity contribution in [3.05, 3.63) is 113 Å². The Morgan fingerprint density at radius 3 is 2.34 bits per heavy atom. The first-order valence-electron chi connectivity index (χ1n) is 10.0. The lowest BCUT2D eigenvalue weighted by Gasteiger charge is -2.08. The fourth-order valence-corrected chi connectivity index (χ4v) is 3.95. The van der Waals surface area contributed by atoms with Crippen LogP contribution in [0.5, 0.6) is 0 Å². The summed E-state index contributed by atoms with van der Waals surface area (Å²) in [5.41, 5.74) is 3.33. The summed E-state index contributed by atoms with van der Waals surface area (Å²) in [6.07, 6.45) is 0. The summed E-state index contributed by atoms with van der Waals surface area (Å²) in [5, 5.41) is 10.3. The van der Waals surface area contributed by atoms with Crippen LogP contribution in [0.4, 0.5) is 5.69 Å². The number of benzene rings is 4. The Kier molecular flexibility index (Phi) is 5.39. The third-order valence-corrected chi connectivity index (χ3v) is 6.01. The third-order valence-electron chi connectivity index (χ3n) is 5.19. The lowest BCUT2D eigenvalue weighted by Crippen LogP contribution is -2.13. The maximum atomic E-state index is 13.0. The second-order valence-corrected chi connectivity index (χ2v) is 8.06. The van der Waals surface area contributed by atoms with Gasteiger partial charge in [-0.2, -0.15) is 5.10 Å². The number of carbonyl (C=O) groups excluding carboxylic acids is 1. The molecule has 0 spiro atoms. The zero-order valence-electron chi connectivity index (χ0n) is 16.8. The van der Waals surface area contributed by atoms with Gasteiger partial charge in [0, 0.05) is 5.56 Å². The van der Waals surface area contributed by atoms with E-state index in [9.17, 15) is 4.79 Å². The topological polar surface area (TPSA) is 46.9 Å². The van der Waals surface area contributed by atoms with Crippen molar-refractivity contribution in [2.45, 2.75) is 0 Å². The molecule has 6 heteroatoms. The number of fused-ring (bicyclic) bond motifs is 1. The predicted octanol–water partition coefficient (Wildman–Crippen LogP) is 7.25. The van der Waals surface area contributed by atoms with Gasteiger partial charge in [-0.15, -0.1) is 0 Å². The molecule has 0 unspecified atom stereocenters. The lowest BCUT2D eigenvalue weighted by atomic mass is 10.0. The minimum absolute atomic E-state index is 0.271. The van der Waals surface area contributed by atoms with Gasteiger partial charge in [0.1, 0.15) is 0 Å².